The molecule has 32 heavy (non-hydrogen) atoms. The summed E-state index contributed by atoms with van der Waals surface area (Å²) >= 11 is 5.42. The molecule has 164 valence electrons. The summed E-state index contributed by atoms with van der Waals surface area (Å²) in [7, 11) is 1.51. The first-order valence-electron chi connectivity index (χ1n) is 9.40. The second-order valence-corrected chi connectivity index (χ2v) is 8.52. The molecule has 9 heteroatoms. The number of benzene rings is 3. The molecular weight excluding hydrogens is 589 g/mol. The van der Waals surface area contributed by atoms with Crippen molar-refractivity contribution < 1.29 is 19.1 Å². The van der Waals surface area contributed by atoms with Crippen LogP contribution in [0.5, 0.6) is 11.5 Å². The van der Waals surface area contributed by atoms with Crippen LogP contribution in [-0.4, -0.2) is 31.7 Å². The van der Waals surface area contributed by atoms with E-state index in [1.165, 1.54) is 13.3 Å². The first kappa shape index (κ1) is 23.7. The van der Waals surface area contributed by atoms with Crippen LogP contribution in [0.15, 0.2) is 76.3 Å². The van der Waals surface area contributed by atoms with Crippen LogP contribution >= 0.6 is 38.5 Å². The number of nitrogens with one attached hydrogen (secondary N) is 2. The van der Waals surface area contributed by atoms with Crippen molar-refractivity contribution in [2.45, 2.75) is 0 Å². The quantitative estimate of drug-likeness (QED) is 0.218. The van der Waals surface area contributed by atoms with Gasteiger partial charge in [0.15, 0.2) is 18.1 Å². The number of hydrogen-bond acceptors (Lipinski definition) is 5. The highest BCUT2D eigenvalue weighted by Crippen LogP contribution is 2.33. The van der Waals surface area contributed by atoms with Crippen molar-refractivity contribution in [3.8, 4) is 11.5 Å². The molecule has 0 saturated heterocycles. The van der Waals surface area contributed by atoms with Crippen LogP contribution in [0.1, 0.15) is 15.9 Å². The van der Waals surface area contributed by atoms with E-state index < -0.39 is 0 Å². The van der Waals surface area contributed by atoms with Gasteiger partial charge in [0.05, 0.1) is 16.9 Å². The van der Waals surface area contributed by atoms with Gasteiger partial charge in [0.2, 0.25) is 0 Å². The number of para-hydroxylation sites is 1. The average molecular weight is 608 g/mol. The summed E-state index contributed by atoms with van der Waals surface area (Å²) < 4.78 is 12.7. The van der Waals surface area contributed by atoms with Gasteiger partial charge in [-0.1, -0.05) is 34.1 Å². The van der Waals surface area contributed by atoms with Gasteiger partial charge in [-0.25, -0.2) is 5.43 Å². The lowest BCUT2D eigenvalue weighted by atomic mass is 10.2. The van der Waals surface area contributed by atoms with Crippen LogP contribution in [0.3, 0.4) is 0 Å². The molecule has 0 bridgehead atoms. The van der Waals surface area contributed by atoms with E-state index in [0.29, 0.717) is 28.3 Å². The first-order valence-corrected chi connectivity index (χ1v) is 11.3. The zero-order valence-electron chi connectivity index (χ0n) is 17.0. The number of carbonyl (C=O) groups is 2. The summed E-state index contributed by atoms with van der Waals surface area (Å²) in [5, 5.41) is 6.77. The minimum Gasteiger partial charge on any atom is -0.493 e. The molecule has 0 aliphatic carbocycles. The van der Waals surface area contributed by atoms with Crippen molar-refractivity contribution in [3.63, 3.8) is 0 Å². The number of amides is 2. The van der Waals surface area contributed by atoms with Gasteiger partial charge in [-0.2, -0.15) is 5.10 Å². The third-order valence-electron chi connectivity index (χ3n) is 4.14. The predicted octanol–water partition coefficient (Wildman–Crippen LogP) is 4.84. The molecule has 0 atom stereocenters. The fourth-order valence-corrected chi connectivity index (χ4v) is 3.69. The predicted molar refractivity (Wildman–Crippen MR) is 135 cm³/mol. The number of rotatable bonds is 8. The van der Waals surface area contributed by atoms with Crippen molar-refractivity contribution in [2.24, 2.45) is 5.10 Å². The number of ether oxygens (including phenoxy) is 2. The Balaban J connectivity index is 1.62. The fourth-order valence-electron chi connectivity index (χ4n) is 2.64. The Kier molecular flexibility index (Phi) is 8.63. The lowest BCUT2D eigenvalue weighted by Crippen LogP contribution is -2.20. The van der Waals surface area contributed by atoms with Crippen molar-refractivity contribution in [3.05, 3.63) is 85.9 Å². The number of hydrazone groups is 1. The second-order valence-electron chi connectivity index (χ2n) is 6.44. The highest BCUT2D eigenvalue weighted by molar-refractivity contribution is 14.1. The monoisotopic (exact) mass is 607 g/mol. The van der Waals surface area contributed by atoms with Gasteiger partial charge in [-0.05, 0) is 76.7 Å². The van der Waals surface area contributed by atoms with Crippen LogP contribution in [-0.2, 0) is 4.79 Å². The fraction of sp³-hybridized carbons (Fsp3) is 0.0870. The van der Waals surface area contributed by atoms with Gasteiger partial charge >= 0.3 is 0 Å². The molecule has 7 nitrogen and oxygen atoms in total. The number of halogens is 2. The Morgan fingerprint density at radius 1 is 1.09 bits per heavy atom. The SMILES string of the molecule is COc1cc(/C=N/NC(=O)c2ccc(Br)cc2)cc(I)c1OCC(=O)Nc1ccccc1. The van der Waals surface area contributed by atoms with E-state index >= 15 is 0 Å². The summed E-state index contributed by atoms with van der Waals surface area (Å²) in [6.07, 6.45) is 1.51. The molecule has 0 unspecified atom stereocenters. The summed E-state index contributed by atoms with van der Waals surface area (Å²) in [5.74, 6) is 0.299. The smallest absolute Gasteiger partial charge is 0.271 e. The topological polar surface area (TPSA) is 89.0 Å². The number of nitrogens with zero attached hydrogens (tertiary/aromatic N) is 1. The van der Waals surface area contributed by atoms with Crippen molar-refractivity contribution in [1.82, 2.24) is 5.43 Å². The van der Waals surface area contributed by atoms with E-state index in [2.05, 4.69) is 54.4 Å². The highest BCUT2D eigenvalue weighted by Gasteiger charge is 2.13. The van der Waals surface area contributed by atoms with Gasteiger partial charge in [-0.3, -0.25) is 9.59 Å². The molecule has 0 heterocycles. The van der Waals surface area contributed by atoms with E-state index in [9.17, 15) is 9.59 Å². The maximum Gasteiger partial charge on any atom is 0.271 e. The Bertz CT molecular complexity index is 1120. The molecule has 2 amide bonds. The highest BCUT2D eigenvalue weighted by atomic mass is 127. The van der Waals surface area contributed by atoms with Crippen LogP contribution < -0.4 is 20.2 Å². The van der Waals surface area contributed by atoms with E-state index in [-0.39, 0.29) is 18.4 Å². The third-order valence-corrected chi connectivity index (χ3v) is 5.47. The minimum atomic E-state index is -0.320. The lowest BCUT2D eigenvalue weighted by Gasteiger charge is -2.13. The normalized spacial score (nSPS) is 10.6. The molecule has 2 N–H and O–H groups in total. The molecule has 0 aliphatic heterocycles. The Labute approximate surface area is 207 Å². The van der Waals surface area contributed by atoms with E-state index in [0.717, 1.165) is 8.04 Å². The molecule has 0 saturated carbocycles. The van der Waals surface area contributed by atoms with Crippen molar-refractivity contribution >= 4 is 62.2 Å². The summed E-state index contributed by atoms with van der Waals surface area (Å²) in [6.45, 7) is -0.169. The third kappa shape index (κ3) is 6.79. The van der Waals surface area contributed by atoms with Crippen LogP contribution in [0.2, 0.25) is 0 Å². The summed E-state index contributed by atoms with van der Waals surface area (Å²) in [5.41, 5.74) is 4.38. The zero-order chi connectivity index (χ0) is 22.9. The Hall–Kier alpha value is -2.92. The molecule has 3 rings (SSSR count). The minimum absolute atomic E-state index is 0.169. The molecule has 3 aromatic carbocycles. The zero-order valence-corrected chi connectivity index (χ0v) is 20.7. The van der Waals surface area contributed by atoms with Gasteiger partial charge in [0.25, 0.3) is 11.8 Å². The number of methoxy groups -OCH3 is 1. The van der Waals surface area contributed by atoms with Crippen LogP contribution in [0, 0.1) is 3.57 Å². The lowest BCUT2D eigenvalue weighted by molar-refractivity contribution is -0.118. The van der Waals surface area contributed by atoms with Crippen molar-refractivity contribution in [2.75, 3.05) is 19.0 Å². The maximum absolute atomic E-state index is 12.2. The number of anilines is 1. The van der Waals surface area contributed by atoms with E-state index in [4.69, 9.17) is 9.47 Å². The van der Waals surface area contributed by atoms with Gasteiger partial charge in [0.1, 0.15) is 0 Å². The molecule has 0 spiro atoms. The molecule has 0 radical (unpaired) electrons. The maximum atomic E-state index is 12.2. The summed E-state index contributed by atoms with van der Waals surface area (Å²) in [4.78, 5) is 24.3. The number of carbonyl (C=O) groups excluding carboxylic acids is 2. The van der Waals surface area contributed by atoms with Crippen LogP contribution in [0.4, 0.5) is 5.69 Å². The Morgan fingerprint density at radius 2 is 1.81 bits per heavy atom. The van der Waals surface area contributed by atoms with E-state index in [1.54, 1.807) is 42.5 Å². The standard InChI is InChI=1S/C23H19BrIN3O4/c1-31-20-12-15(13-26-28-23(30)16-7-9-17(24)10-8-16)11-19(25)22(20)32-14-21(29)27-18-5-3-2-4-6-18/h2-13H,14H2,1H3,(H,27,29)(H,28,30)/b26-13+. The van der Waals surface area contributed by atoms with Gasteiger partial charge < -0.3 is 14.8 Å². The molecule has 0 aliphatic rings. The molecule has 3 aromatic rings. The van der Waals surface area contributed by atoms with Gasteiger partial charge in [0, 0.05) is 15.7 Å². The molecule has 0 aromatic heterocycles. The number of hydrogen-bond donors (Lipinski definition) is 2. The average Bonchev–Trinajstić information content (AvgIpc) is 2.79. The largest absolute Gasteiger partial charge is 0.493 e. The molecular formula is C23H19BrIN3O4. The second kappa shape index (κ2) is 11.6. The van der Waals surface area contributed by atoms with E-state index in [1.807, 2.05) is 24.3 Å². The van der Waals surface area contributed by atoms with Crippen LogP contribution in [0.25, 0.3) is 0 Å². The molecule has 0 fully saturated rings. The van der Waals surface area contributed by atoms with Crippen molar-refractivity contribution in [1.29, 1.82) is 0 Å². The summed E-state index contributed by atoms with van der Waals surface area (Å²) in [6, 6.07) is 19.6. The van der Waals surface area contributed by atoms with Gasteiger partial charge in [-0.15, -0.1) is 0 Å². The first-order chi connectivity index (χ1) is 15.5. The Morgan fingerprint density at radius 3 is 2.50 bits per heavy atom.